The number of fused-ring (bicyclic) bond motifs is 1. The fourth-order valence-electron chi connectivity index (χ4n) is 2.71. The number of amides is 1. The molecule has 1 saturated heterocycles. The van der Waals surface area contributed by atoms with E-state index in [1.807, 2.05) is 24.8 Å². The van der Waals surface area contributed by atoms with Gasteiger partial charge < -0.3 is 9.80 Å². The first-order valence-electron chi connectivity index (χ1n) is 10.2. The molecule has 2 aromatic rings. The molecule has 6 nitrogen and oxygen atoms in total. The minimum atomic E-state index is -0.184. The maximum Gasteiger partial charge on any atom is 0.283 e. The third-order valence-electron chi connectivity index (χ3n) is 4.53. The first kappa shape index (κ1) is 23.8. The Bertz CT molecular complexity index is 913. The molecule has 1 amide bonds. The van der Waals surface area contributed by atoms with Crippen molar-refractivity contribution in [3.8, 4) is 0 Å². The van der Waals surface area contributed by atoms with Crippen LogP contribution in [0.15, 0.2) is 42.5 Å². The Balaban J connectivity index is 0.000000252. The van der Waals surface area contributed by atoms with Crippen molar-refractivity contribution >= 4 is 27.6 Å². The van der Waals surface area contributed by atoms with Gasteiger partial charge in [0.25, 0.3) is 5.91 Å². The summed E-state index contributed by atoms with van der Waals surface area (Å²) in [6, 6.07) is 0. The first-order valence-corrected chi connectivity index (χ1v) is 11.0. The molecule has 0 unspecified atom stereocenters. The summed E-state index contributed by atoms with van der Waals surface area (Å²) in [5.41, 5.74) is 1.56. The first-order chi connectivity index (χ1) is 14.5. The zero-order chi connectivity index (χ0) is 21.9. The van der Waals surface area contributed by atoms with Crippen LogP contribution in [-0.4, -0.2) is 63.9 Å². The summed E-state index contributed by atoms with van der Waals surface area (Å²) in [5.74, 6) is -0.174. The van der Waals surface area contributed by atoms with Gasteiger partial charge in [0.15, 0.2) is 5.01 Å². The van der Waals surface area contributed by atoms with Crippen molar-refractivity contribution in [3.05, 3.63) is 53.2 Å². The number of nitrogens with zero attached hydrogens (tertiary/aromatic N) is 5. The molecule has 30 heavy (non-hydrogen) atoms. The molecule has 8 heteroatoms. The van der Waals surface area contributed by atoms with Gasteiger partial charge in [-0.3, -0.25) is 4.79 Å². The van der Waals surface area contributed by atoms with Crippen LogP contribution < -0.4 is 0 Å². The van der Waals surface area contributed by atoms with Crippen LogP contribution in [0, 0.1) is 6.92 Å². The van der Waals surface area contributed by atoms with Gasteiger partial charge in [0.2, 0.25) is 0 Å². The highest BCUT2D eigenvalue weighted by molar-refractivity contribution is 7.19. The lowest BCUT2D eigenvalue weighted by Gasteiger charge is -2.31. The van der Waals surface area contributed by atoms with Crippen LogP contribution in [0.2, 0.25) is 0 Å². The van der Waals surface area contributed by atoms with Gasteiger partial charge >= 0.3 is 0 Å². The second-order valence-corrected chi connectivity index (χ2v) is 7.97. The summed E-state index contributed by atoms with van der Waals surface area (Å²) in [7, 11) is 2.07. The van der Waals surface area contributed by atoms with E-state index in [4.69, 9.17) is 0 Å². The number of likely N-dealkylation sites (N-methyl/N-ethyl adjacent to an activating group) is 1. The van der Waals surface area contributed by atoms with E-state index in [-0.39, 0.29) is 11.7 Å². The summed E-state index contributed by atoms with van der Waals surface area (Å²) >= 11 is 1.35. The van der Waals surface area contributed by atoms with Gasteiger partial charge in [0.1, 0.15) is 22.5 Å². The highest BCUT2D eigenvalue weighted by atomic mass is 32.1. The molecule has 0 atom stereocenters. The topological polar surface area (TPSA) is 62.2 Å². The van der Waals surface area contributed by atoms with Gasteiger partial charge in [-0.2, -0.15) is 0 Å². The SMILES string of the molecule is C/C=C/C=C(F)\C=C\CCC.Cc1ncnc2sc(C(=O)N3CCN(C)CC3)nc12. The molecule has 0 N–H and O–H groups in total. The maximum atomic E-state index is 12.6. The Morgan fingerprint density at radius 1 is 1.27 bits per heavy atom. The summed E-state index contributed by atoms with van der Waals surface area (Å²) in [6.07, 6.45) is 11.8. The van der Waals surface area contributed by atoms with Gasteiger partial charge in [-0.25, -0.2) is 19.3 Å². The summed E-state index contributed by atoms with van der Waals surface area (Å²) < 4.78 is 12.6. The number of hydrogen-bond acceptors (Lipinski definition) is 6. The minimum absolute atomic E-state index is 0.00972. The Morgan fingerprint density at radius 3 is 2.63 bits per heavy atom. The van der Waals surface area contributed by atoms with Gasteiger partial charge in [0.05, 0.1) is 5.69 Å². The van der Waals surface area contributed by atoms with Crippen LogP contribution >= 0.6 is 11.3 Å². The van der Waals surface area contributed by atoms with Crippen LogP contribution in [-0.2, 0) is 0 Å². The number of aromatic nitrogens is 3. The summed E-state index contributed by atoms with van der Waals surface area (Å²) in [5, 5.41) is 0.517. The van der Waals surface area contributed by atoms with Crippen LogP contribution in [0.5, 0.6) is 0 Å². The maximum absolute atomic E-state index is 12.6. The van der Waals surface area contributed by atoms with Crippen molar-refractivity contribution in [1.82, 2.24) is 24.8 Å². The third kappa shape index (κ3) is 7.11. The minimum Gasteiger partial charge on any atom is -0.334 e. The predicted octanol–water partition coefficient (Wildman–Crippen LogP) is 4.55. The van der Waals surface area contributed by atoms with Crippen molar-refractivity contribution in [2.45, 2.75) is 33.6 Å². The largest absolute Gasteiger partial charge is 0.334 e. The fraction of sp³-hybridized carbons (Fsp3) is 0.455. The predicted molar refractivity (Wildman–Crippen MR) is 121 cm³/mol. The average molecular weight is 432 g/mol. The molecule has 3 rings (SSSR count). The molecule has 1 fully saturated rings. The molecule has 3 heterocycles. The van der Waals surface area contributed by atoms with E-state index in [1.54, 1.807) is 12.2 Å². The van der Waals surface area contributed by atoms with Gasteiger partial charge in [-0.1, -0.05) is 42.9 Å². The van der Waals surface area contributed by atoms with Crippen LogP contribution in [0.4, 0.5) is 4.39 Å². The Labute approximate surface area is 181 Å². The standard InChI is InChI=1S/C12H15N5OS.C10H15F/c1-8-9-10(14-7-13-8)19-11(15-9)12(18)17-5-3-16(2)4-6-17;1-3-5-7-9-10(11)8-6-4-2/h7H,3-6H2,1-2H3;4,6-9H,3,5H2,1-2H3/b;6-4+,9-7+,10-8+. The summed E-state index contributed by atoms with van der Waals surface area (Å²) in [6.45, 7) is 9.15. The van der Waals surface area contributed by atoms with E-state index in [9.17, 15) is 9.18 Å². The molecule has 0 aliphatic carbocycles. The number of unbranched alkanes of at least 4 members (excludes halogenated alkanes) is 1. The number of carbonyl (C=O) groups excluding carboxylic acids is 1. The normalized spacial score (nSPS) is 15.8. The summed E-state index contributed by atoms with van der Waals surface area (Å²) in [4.78, 5) is 29.9. The van der Waals surface area contributed by atoms with E-state index in [0.717, 1.165) is 55.1 Å². The van der Waals surface area contributed by atoms with E-state index >= 15 is 0 Å². The van der Waals surface area contributed by atoms with Crippen molar-refractivity contribution in [2.24, 2.45) is 0 Å². The second-order valence-electron chi connectivity index (χ2n) is 7.00. The molecular weight excluding hydrogens is 401 g/mol. The lowest BCUT2D eigenvalue weighted by molar-refractivity contribution is 0.0664. The quantitative estimate of drug-likeness (QED) is 0.650. The number of piperazine rings is 1. The highest BCUT2D eigenvalue weighted by Gasteiger charge is 2.23. The Kier molecular flexibility index (Phi) is 9.76. The van der Waals surface area contributed by atoms with E-state index in [0.29, 0.717) is 5.01 Å². The zero-order valence-electron chi connectivity index (χ0n) is 18.1. The highest BCUT2D eigenvalue weighted by Crippen LogP contribution is 2.22. The van der Waals surface area contributed by atoms with Gasteiger partial charge in [-0.15, -0.1) is 0 Å². The van der Waals surface area contributed by atoms with Crippen molar-refractivity contribution in [1.29, 1.82) is 0 Å². The molecule has 0 radical (unpaired) electrons. The number of allylic oxidation sites excluding steroid dienone is 6. The monoisotopic (exact) mass is 431 g/mol. The second kappa shape index (κ2) is 12.3. The smallest absolute Gasteiger partial charge is 0.283 e. The molecule has 0 saturated carbocycles. The molecule has 1 aliphatic heterocycles. The average Bonchev–Trinajstić information content (AvgIpc) is 3.19. The Hall–Kier alpha value is -2.45. The molecular formula is C22H30FN5OS. The number of carbonyl (C=O) groups is 1. The van der Waals surface area contributed by atoms with Crippen molar-refractivity contribution in [2.75, 3.05) is 33.2 Å². The lowest BCUT2D eigenvalue weighted by atomic mass is 10.3. The Morgan fingerprint density at radius 2 is 2.00 bits per heavy atom. The van der Waals surface area contributed by atoms with Gasteiger partial charge in [0, 0.05) is 26.2 Å². The molecule has 0 bridgehead atoms. The van der Waals surface area contributed by atoms with Gasteiger partial charge in [-0.05, 0) is 39.5 Å². The van der Waals surface area contributed by atoms with Crippen LogP contribution in [0.25, 0.3) is 10.3 Å². The number of aryl methyl sites for hydroxylation is 1. The van der Waals surface area contributed by atoms with E-state index in [2.05, 4.69) is 33.8 Å². The van der Waals surface area contributed by atoms with Crippen molar-refractivity contribution < 1.29 is 9.18 Å². The lowest BCUT2D eigenvalue weighted by Crippen LogP contribution is -2.47. The van der Waals surface area contributed by atoms with Crippen LogP contribution in [0.3, 0.4) is 0 Å². The number of halogens is 1. The fourth-order valence-corrected chi connectivity index (χ4v) is 3.63. The third-order valence-corrected chi connectivity index (χ3v) is 5.48. The molecule has 0 spiro atoms. The molecule has 1 aliphatic rings. The van der Waals surface area contributed by atoms with E-state index < -0.39 is 0 Å². The molecule has 2 aromatic heterocycles. The molecule has 0 aromatic carbocycles. The number of rotatable bonds is 5. The van der Waals surface area contributed by atoms with Crippen LogP contribution in [0.1, 0.15) is 42.2 Å². The molecule has 162 valence electrons. The number of thiazole rings is 1. The number of hydrogen-bond donors (Lipinski definition) is 0. The zero-order valence-corrected chi connectivity index (χ0v) is 19.0. The van der Waals surface area contributed by atoms with E-state index in [1.165, 1.54) is 29.8 Å². The van der Waals surface area contributed by atoms with Crippen molar-refractivity contribution in [3.63, 3.8) is 0 Å².